The van der Waals surface area contributed by atoms with Crippen molar-refractivity contribution in [3.8, 4) is 0 Å². The van der Waals surface area contributed by atoms with E-state index < -0.39 is 0 Å². The Morgan fingerprint density at radius 2 is 1.88 bits per heavy atom. The molecule has 0 atom stereocenters. The summed E-state index contributed by atoms with van der Waals surface area (Å²) in [4.78, 5) is 27.3. The van der Waals surface area contributed by atoms with Crippen molar-refractivity contribution in [2.24, 2.45) is 16.5 Å². The van der Waals surface area contributed by atoms with Crippen LogP contribution in [0, 0.1) is 16.7 Å². The van der Waals surface area contributed by atoms with Crippen molar-refractivity contribution in [2.75, 3.05) is 31.1 Å². The van der Waals surface area contributed by atoms with Gasteiger partial charge in [0.15, 0.2) is 0 Å². The van der Waals surface area contributed by atoms with Crippen LogP contribution >= 0.6 is 11.6 Å². The molecule has 1 spiro atoms. The third-order valence-corrected chi connectivity index (χ3v) is 7.11. The van der Waals surface area contributed by atoms with Crippen LogP contribution in [0.5, 0.6) is 0 Å². The Balaban J connectivity index is 0.000000913. The summed E-state index contributed by atoms with van der Waals surface area (Å²) < 4.78 is 0. The monoisotopic (exact) mass is 461 g/mol. The Labute approximate surface area is 196 Å². The van der Waals surface area contributed by atoms with E-state index in [4.69, 9.17) is 21.8 Å². The molecule has 0 bridgehead atoms. The molecule has 32 heavy (non-hydrogen) atoms. The summed E-state index contributed by atoms with van der Waals surface area (Å²) in [6.45, 7) is 11.3. The van der Waals surface area contributed by atoms with E-state index in [0.717, 1.165) is 44.6 Å². The first-order chi connectivity index (χ1) is 15.2. The number of carbonyl (C=O) groups is 1. The van der Waals surface area contributed by atoms with Crippen LogP contribution in [0.15, 0.2) is 23.5 Å². The number of nitrogens with one attached hydrogen (secondary N) is 1. The number of amides is 1. The number of rotatable bonds is 2. The van der Waals surface area contributed by atoms with E-state index in [-0.39, 0.29) is 11.5 Å². The van der Waals surface area contributed by atoms with Gasteiger partial charge in [0.05, 0.1) is 5.02 Å². The van der Waals surface area contributed by atoms with Crippen molar-refractivity contribution in [2.45, 2.75) is 65.4 Å². The molecule has 1 saturated carbocycles. The van der Waals surface area contributed by atoms with Gasteiger partial charge in [0.2, 0.25) is 0 Å². The van der Waals surface area contributed by atoms with Crippen LogP contribution in [0.4, 0.5) is 5.82 Å². The molecule has 1 N–H and O–H groups in total. The highest BCUT2D eigenvalue weighted by molar-refractivity contribution is 6.39. The largest absolute Gasteiger partial charge is 0.388 e. The van der Waals surface area contributed by atoms with E-state index >= 15 is 0 Å². The molecule has 7 nitrogen and oxygen atoms in total. The van der Waals surface area contributed by atoms with Gasteiger partial charge in [-0.3, -0.25) is 4.79 Å². The summed E-state index contributed by atoms with van der Waals surface area (Å²) in [5, 5.41) is 11.0. The number of hydrogen-bond acceptors (Lipinski definition) is 6. The highest BCUT2D eigenvalue weighted by Gasteiger charge is 2.46. The zero-order valence-corrected chi connectivity index (χ0v) is 20.5. The van der Waals surface area contributed by atoms with Gasteiger partial charge in [0, 0.05) is 38.8 Å². The molecule has 3 aliphatic rings. The summed E-state index contributed by atoms with van der Waals surface area (Å²) in [5.74, 6) is 1.52. The fourth-order valence-electron chi connectivity index (χ4n) is 4.83. The molecule has 0 aromatic carbocycles. The normalized spacial score (nSPS) is 25.5. The average molecular weight is 462 g/mol. The smallest absolute Gasteiger partial charge is 0.271 e. The predicted molar refractivity (Wildman–Crippen MR) is 130 cm³/mol. The number of anilines is 1. The lowest BCUT2D eigenvalue weighted by atomic mass is 9.67. The molecule has 4 rings (SSSR count). The topological polar surface area (TPSA) is 81.9 Å². The number of piperazine rings is 1. The van der Waals surface area contributed by atoms with E-state index in [1.807, 2.05) is 17.0 Å². The summed E-state index contributed by atoms with van der Waals surface area (Å²) >= 11 is 6.26. The first kappa shape index (κ1) is 24.5. The molecule has 1 aromatic heterocycles. The van der Waals surface area contributed by atoms with Crippen molar-refractivity contribution in [3.63, 3.8) is 0 Å². The van der Waals surface area contributed by atoms with Gasteiger partial charge in [-0.05, 0) is 62.3 Å². The molecule has 8 heteroatoms. The first-order valence-corrected chi connectivity index (χ1v) is 11.9. The average Bonchev–Trinajstić information content (AvgIpc) is 3.17. The molecule has 3 heterocycles. The van der Waals surface area contributed by atoms with E-state index in [9.17, 15) is 4.79 Å². The molecular formula is C24H36ClN5O2. The van der Waals surface area contributed by atoms with E-state index in [1.165, 1.54) is 6.21 Å². The Kier molecular flexibility index (Phi) is 7.80. The second kappa shape index (κ2) is 10.2. The molecule has 2 aliphatic heterocycles. The molecule has 0 unspecified atom stereocenters. The Morgan fingerprint density at radius 1 is 1.25 bits per heavy atom. The van der Waals surface area contributed by atoms with E-state index in [1.54, 1.807) is 13.1 Å². The third-order valence-electron chi connectivity index (χ3n) is 6.81. The van der Waals surface area contributed by atoms with Crippen molar-refractivity contribution in [1.82, 2.24) is 9.88 Å². The molecule has 176 valence electrons. The summed E-state index contributed by atoms with van der Waals surface area (Å²) in [6, 6.07) is 3.68. The number of aromatic nitrogens is 1. The molecule has 1 saturated heterocycles. The summed E-state index contributed by atoms with van der Waals surface area (Å²) in [5.41, 5.74) is 0.662. The van der Waals surface area contributed by atoms with Crippen molar-refractivity contribution in [3.05, 3.63) is 23.4 Å². The fraction of sp³-hybridized carbons (Fsp3) is 0.667. The minimum atomic E-state index is -0.254. The van der Waals surface area contributed by atoms with Gasteiger partial charge >= 0.3 is 0 Å². The van der Waals surface area contributed by atoms with Gasteiger partial charge in [-0.15, -0.1) is 0 Å². The number of carbonyl (C=O) groups excluding carboxylic acids is 1. The molecule has 1 amide bonds. The SMILES string of the molecule is CC(C)(C)C1CCC2(CC1)CC(C(=O)N1CCN(c3ncccc3Cl)CC1)=NO2.CC=N. The molecule has 1 aliphatic carbocycles. The number of hydrogen-bond donors (Lipinski definition) is 1. The second-order valence-corrected chi connectivity index (χ2v) is 10.4. The van der Waals surface area contributed by atoms with Gasteiger partial charge in [-0.25, -0.2) is 4.98 Å². The zero-order chi connectivity index (χ0) is 23.4. The minimum Gasteiger partial charge on any atom is -0.388 e. The van der Waals surface area contributed by atoms with Gasteiger partial charge in [0.25, 0.3) is 5.91 Å². The second-order valence-electron chi connectivity index (χ2n) is 10.0. The number of halogens is 1. The van der Waals surface area contributed by atoms with Crippen LogP contribution in [0.3, 0.4) is 0 Å². The van der Waals surface area contributed by atoms with Gasteiger partial charge in [-0.1, -0.05) is 37.5 Å². The summed E-state index contributed by atoms with van der Waals surface area (Å²) in [7, 11) is 0. The Hall–Kier alpha value is -2.15. The van der Waals surface area contributed by atoms with Crippen LogP contribution in [0.25, 0.3) is 0 Å². The Morgan fingerprint density at radius 3 is 2.44 bits per heavy atom. The zero-order valence-electron chi connectivity index (χ0n) is 19.7. The first-order valence-electron chi connectivity index (χ1n) is 11.5. The lowest BCUT2D eigenvalue weighted by Gasteiger charge is -2.40. The van der Waals surface area contributed by atoms with Crippen LogP contribution in [0.2, 0.25) is 5.02 Å². The maximum absolute atomic E-state index is 13.0. The molecular weight excluding hydrogens is 426 g/mol. The van der Waals surface area contributed by atoms with Crippen LogP contribution in [-0.4, -0.2) is 59.5 Å². The van der Waals surface area contributed by atoms with Crippen molar-refractivity contribution < 1.29 is 9.63 Å². The highest BCUT2D eigenvalue weighted by atomic mass is 35.5. The number of pyridine rings is 1. The summed E-state index contributed by atoms with van der Waals surface area (Å²) in [6.07, 6.45) is 7.91. The van der Waals surface area contributed by atoms with Crippen LogP contribution in [-0.2, 0) is 9.63 Å². The highest BCUT2D eigenvalue weighted by Crippen LogP contribution is 2.46. The van der Waals surface area contributed by atoms with Gasteiger partial charge in [-0.2, -0.15) is 0 Å². The molecule has 0 radical (unpaired) electrons. The lowest BCUT2D eigenvalue weighted by molar-refractivity contribution is -0.124. The van der Waals surface area contributed by atoms with Gasteiger partial charge in [0.1, 0.15) is 17.1 Å². The fourth-order valence-corrected chi connectivity index (χ4v) is 5.07. The number of oxime groups is 1. The maximum atomic E-state index is 13.0. The quantitative estimate of drug-likeness (QED) is 0.642. The van der Waals surface area contributed by atoms with Crippen LogP contribution < -0.4 is 4.90 Å². The number of nitrogens with zero attached hydrogens (tertiary/aromatic N) is 4. The minimum absolute atomic E-state index is 0.0200. The van der Waals surface area contributed by atoms with E-state index in [0.29, 0.717) is 41.6 Å². The Bertz CT molecular complexity index is 835. The predicted octanol–water partition coefficient (Wildman–Crippen LogP) is 4.79. The third kappa shape index (κ3) is 5.61. The van der Waals surface area contributed by atoms with Crippen molar-refractivity contribution in [1.29, 1.82) is 5.41 Å². The van der Waals surface area contributed by atoms with Crippen molar-refractivity contribution >= 4 is 35.3 Å². The van der Waals surface area contributed by atoms with E-state index in [2.05, 4.69) is 35.8 Å². The standard InChI is InChI=1S/C22H31ClN4O2.C2H5N/c1-21(2,3)16-6-8-22(9-7-16)15-18(25-29-22)20(28)27-13-11-26(12-14-27)19-17(23)5-4-10-24-19;1-2-3/h4-5,10,16H,6-9,11-15H2,1-3H3;2-3H,1H3. The maximum Gasteiger partial charge on any atom is 0.271 e. The molecule has 2 fully saturated rings. The van der Waals surface area contributed by atoms with Gasteiger partial charge < -0.3 is 20.0 Å². The van der Waals surface area contributed by atoms with Crippen LogP contribution in [0.1, 0.15) is 59.8 Å². The lowest BCUT2D eigenvalue weighted by Crippen LogP contribution is -2.51. The molecule has 1 aromatic rings.